The summed E-state index contributed by atoms with van der Waals surface area (Å²) in [6.07, 6.45) is 0. The van der Waals surface area contributed by atoms with Crippen molar-refractivity contribution < 1.29 is 9.18 Å². The zero-order valence-electron chi connectivity index (χ0n) is 20.5. The van der Waals surface area contributed by atoms with E-state index in [0.29, 0.717) is 37.6 Å². The van der Waals surface area contributed by atoms with Crippen molar-refractivity contribution in [3.63, 3.8) is 0 Å². The third-order valence-corrected chi connectivity index (χ3v) is 6.74. The van der Waals surface area contributed by atoms with Crippen LogP contribution in [0.2, 0.25) is 0 Å². The summed E-state index contributed by atoms with van der Waals surface area (Å²) in [6, 6.07) is 9.95. The lowest BCUT2D eigenvalue weighted by Crippen LogP contribution is -2.50. The number of rotatable bonds is 4. The molecular weight excluding hydrogens is 447 g/mol. The highest BCUT2D eigenvalue weighted by Gasteiger charge is 2.27. The van der Waals surface area contributed by atoms with Crippen molar-refractivity contribution in [2.24, 2.45) is 7.05 Å². The minimum absolute atomic E-state index is 0.0590. The average molecular weight is 479 g/mol. The largest absolute Gasteiger partial charge is 0.354 e. The first-order valence-corrected chi connectivity index (χ1v) is 12.0. The average Bonchev–Trinajstić information content (AvgIpc) is 3.25. The zero-order chi connectivity index (χ0) is 24.5. The van der Waals surface area contributed by atoms with Crippen LogP contribution in [0.1, 0.15) is 16.2 Å². The molecule has 0 saturated carbocycles. The Hall–Kier alpha value is -3.53. The number of likely N-dealkylation sites (N-methyl/N-ethyl adjacent to an activating group) is 1. The molecule has 0 spiro atoms. The van der Waals surface area contributed by atoms with E-state index in [2.05, 4.69) is 37.9 Å². The number of carbonyl (C=O) groups excluding carboxylic acids is 1. The van der Waals surface area contributed by atoms with E-state index in [1.54, 1.807) is 29.9 Å². The summed E-state index contributed by atoms with van der Waals surface area (Å²) in [5.41, 5.74) is 2.89. The predicted octanol–water partition coefficient (Wildman–Crippen LogP) is 2.04. The highest BCUT2D eigenvalue weighted by Crippen LogP contribution is 2.22. The fourth-order valence-corrected chi connectivity index (χ4v) is 4.58. The minimum atomic E-state index is -0.299. The van der Waals surface area contributed by atoms with Gasteiger partial charge in [0.1, 0.15) is 17.3 Å². The van der Waals surface area contributed by atoms with E-state index in [0.717, 1.165) is 49.2 Å². The number of nitrogens with zero attached hydrogens (tertiary/aromatic N) is 8. The van der Waals surface area contributed by atoms with Gasteiger partial charge in [-0.05, 0) is 44.3 Å². The van der Waals surface area contributed by atoms with Crippen LogP contribution in [-0.4, -0.2) is 94.9 Å². The Balaban J connectivity index is 1.25. The number of anilines is 2. The number of carbonyl (C=O) groups is 1. The third kappa shape index (κ3) is 4.97. The molecule has 1 amide bonds. The lowest BCUT2D eigenvalue weighted by molar-refractivity contribution is 0.0735. The number of aromatic nitrogens is 4. The molecule has 2 aliphatic heterocycles. The van der Waals surface area contributed by atoms with Crippen LogP contribution in [0.15, 0.2) is 36.4 Å². The second kappa shape index (κ2) is 9.61. The monoisotopic (exact) mass is 478 g/mol. The molecule has 9 nitrogen and oxygen atoms in total. The molecule has 4 heterocycles. The van der Waals surface area contributed by atoms with Crippen LogP contribution in [0.3, 0.4) is 0 Å². The Kier molecular flexibility index (Phi) is 6.38. The van der Waals surface area contributed by atoms with Crippen molar-refractivity contribution >= 4 is 17.7 Å². The molecule has 0 bridgehead atoms. The Morgan fingerprint density at radius 1 is 0.857 bits per heavy atom. The SMILES string of the molecule is Cc1cc(N2CCN(C)CC2)nc(N2CCN(C(=O)c3cc(-c4ccc(F)cc4)nn3C)CC2)n1. The molecule has 0 N–H and O–H groups in total. The van der Waals surface area contributed by atoms with Crippen molar-refractivity contribution in [3.8, 4) is 11.3 Å². The van der Waals surface area contributed by atoms with Gasteiger partial charge in [-0.15, -0.1) is 0 Å². The van der Waals surface area contributed by atoms with Gasteiger partial charge in [0.2, 0.25) is 5.95 Å². The molecule has 0 atom stereocenters. The molecule has 2 fully saturated rings. The third-order valence-electron chi connectivity index (χ3n) is 6.74. The molecule has 0 aliphatic carbocycles. The number of benzene rings is 1. The first kappa shape index (κ1) is 23.2. The summed E-state index contributed by atoms with van der Waals surface area (Å²) in [6.45, 7) is 8.46. The summed E-state index contributed by atoms with van der Waals surface area (Å²) in [5, 5.41) is 4.47. The first-order chi connectivity index (χ1) is 16.9. The van der Waals surface area contributed by atoms with E-state index in [9.17, 15) is 9.18 Å². The smallest absolute Gasteiger partial charge is 0.272 e. The van der Waals surface area contributed by atoms with E-state index < -0.39 is 0 Å². The van der Waals surface area contributed by atoms with E-state index in [1.165, 1.54) is 12.1 Å². The lowest BCUT2D eigenvalue weighted by Gasteiger charge is -2.36. The van der Waals surface area contributed by atoms with Crippen LogP contribution in [0.5, 0.6) is 0 Å². The van der Waals surface area contributed by atoms with Crippen molar-refractivity contribution in [3.05, 3.63) is 53.6 Å². The number of hydrogen-bond acceptors (Lipinski definition) is 7. The number of aryl methyl sites for hydroxylation is 2. The quantitative estimate of drug-likeness (QED) is 0.568. The Labute approximate surface area is 204 Å². The lowest BCUT2D eigenvalue weighted by atomic mass is 10.1. The highest BCUT2D eigenvalue weighted by molar-refractivity contribution is 5.94. The molecule has 1 aromatic carbocycles. The van der Waals surface area contributed by atoms with Crippen molar-refractivity contribution in [1.29, 1.82) is 0 Å². The van der Waals surface area contributed by atoms with Gasteiger partial charge in [0.05, 0.1) is 5.69 Å². The highest BCUT2D eigenvalue weighted by atomic mass is 19.1. The van der Waals surface area contributed by atoms with E-state index in [-0.39, 0.29) is 11.7 Å². The van der Waals surface area contributed by atoms with Gasteiger partial charge in [-0.1, -0.05) is 0 Å². The van der Waals surface area contributed by atoms with Crippen LogP contribution < -0.4 is 9.80 Å². The Morgan fingerprint density at radius 3 is 2.20 bits per heavy atom. The molecule has 2 saturated heterocycles. The van der Waals surface area contributed by atoms with Gasteiger partial charge in [-0.3, -0.25) is 9.48 Å². The van der Waals surface area contributed by atoms with E-state index in [4.69, 9.17) is 4.98 Å². The topological polar surface area (TPSA) is 73.6 Å². The van der Waals surface area contributed by atoms with Gasteiger partial charge < -0.3 is 19.6 Å². The number of hydrogen-bond donors (Lipinski definition) is 0. The second-order valence-corrected chi connectivity index (χ2v) is 9.28. The molecule has 2 aliphatic rings. The molecule has 2 aromatic heterocycles. The fourth-order valence-electron chi connectivity index (χ4n) is 4.58. The van der Waals surface area contributed by atoms with E-state index >= 15 is 0 Å². The first-order valence-electron chi connectivity index (χ1n) is 12.0. The Morgan fingerprint density at radius 2 is 1.51 bits per heavy atom. The summed E-state index contributed by atoms with van der Waals surface area (Å²) in [5.74, 6) is 1.34. The summed E-state index contributed by atoms with van der Waals surface area (Å²) < 4.78 is 14.9. The molecule has 0 radical (unpaired) electrons. The van der Waals surface area contributed by atoms with Crippen molar-refractivity contribution in [2.75, 3.05) is 69.2 Å². The van der Waals surface area contributed by atoms with Gasteiger partial charge in [-0.2, -0.15) is 10.1 Å². The number of amides is 1. The molecular formula is C25H31FN8O. The minimum Gasteiger partial charge on any atom is -0.354 e. The fraction of sp³-hybridized carbons (Fsp3) is 0.440. The van der Waals surface area contributed by atoms with Gasteiger partial charge in [-0.25, -0.2) is 9.37 Å². The molecule has 3 aromatic rings. The normalized spacial score (nSPS) is 17.2. The van der Waals surface area contributed by atoms with Gasteiger partial charge >= 0.3 is 0 Å². The predicted molar refractivity (Wildman–Crippen MR) is 133 cm³/mol. The Bertz CT molecular complexity index is 1190. The van der Waals surface area contributed by atoms with Crippen LogP contribution in [0.4, 0.5) is 16.2 Å². The molecule has 0 unspecified atom stereocenters. The number of piperazine rings is 2. The standard InChI is InChI=1S/C25H31FN8O/c1-18-16-23(32-10-8-30(2)9-11-32)28-25(27-18)34-14-12-33(13-15-34)24(35)22-17-21(29-31(22)3)19-4-6-20(26)7-5-19/h4-7,16-17H,8-15H2,1-3H3. The maximum Gasteiger partial charge on any atom is 0.272 e. The maximum atomic E-state index is 13.3. The van der Waals surface area contributed by atoms with Crippen molar-refractivity contribution in [1.82, 2.24) is 29.5 Å². The van der Waals surface area contributed by atoms with Crippen LogP contribution in [-0.2, 0) is 7.05 Å². The summed E-state index contributed by atoms with van der Waals surface area (Å²) in [4.78, 5) is 31.5. The zero-order valence-corrected chi connectivity index (χ0v) is 20.5. The van der Waals surface area contributed by atoms with E-state index in [1.807, 2.05) is 11.8 Å². The molecule has 184 valence electrons. The number of halogens is 1. The second-order valence-electron chi connectivity index (χ2n) is 9.28. The van der Waals surface area contributed by atoms with Crippen LogP contribution in [0, 0.1) is 12.7 Å². The van der Waals surface area contributed by atoms with Crippen LogP contribution in [0.25, 0.3) is 11.3 Å². The van der Waals surface area contributed by atoms with Gasteiger partial charge in [0.15, 0.2) is 0 Å². The molecule has 5 rings (SSSR count). The summed E-state index contributed by atoms with van der Waals surface area (Å²) in [7, 11) is 3.90. The molecule has 10 heteroatoms. The van der Waals surface area contributed by atoms with Crippen molar-refractivity contribution in [2.45, 2.75) is 6.92 Å². The van der Waals surface area contributed by atoms with Gasteiger partial charge in [0.25, 0.3) is 5.91 Å². The summed E-state index contributed by atoms with van der Waals surface area (Å²) >= 11 is 0. The maximum absolute atomic E-state index is 13.3. The molecule has 35 heavy (non-hydrogen) atoms. The van der Waals surface area contributed by atoms with Crippen LogP contribution >= 0.6 is 0 Å². The van der Waals surface area contributed by atoms with Gasteiger partial charge in [0, 0.05) is 76.7 Å².